The third-order valence-corrected chi connectivity index (χ3v) is 5.88. The van der Waals surface area contributed by atoms with Crippen molar-refractivity contribution in [2.75, 3.05) is 27.3 Å². The lowest BCUT2D eigenvalue weighted by Crippen LogP contribution is -2.43. The van der Waals surface area contributed by atoms with Gasteiger partial charge in [0, 0.05) is 42.5 Å². The van der Waals surface area contributed by atoms with Gasteiger partial charge in [-0.05, 0) is 61.4 Å². The Morgan fingerprint density at radius 2 is 1.35 bits per heavy atom. The molecule has 1 fully saturated rings. The second-order valence-corrected chi connectivity index (χ2v) is 7.95. The molecule has 6 nitrogen and oxygen atoms in total. The van der Waals surface area contributed by atoms with Crippen LogP contribution in [-0.4, -0.2) is 49.7 Å². The predicted molar refractivity (Wildman–Crippen MR) is 118 cm³/mol. The van der Waals surface area contributed by atoms with Crippen LogP contribution in [0.1, 0.15) is 46.9 Å². The van der Waals surface area contributed by atoms with Crippen LogP contribution < -0.4 is 9.47 Å². The number of Topliss-reactive ketones (excluding diaryl/α,β-unsaturated/α-hetero) is 2. The van der Waals surface area contributed by atoms with Crippen LogP contribution in [0.5, 0.6) is 11.5 Å². The third kappa shape index (κ3) is 5.51. The molecule has 1 atom stereocenters. The van der Waals surface area contributed by atoms with Crippen LogP contribution in [0.15, 0.2) is 48.5 Å². The molecule has 2 aromatic rings. The Kier molecular flexibility index (Phi) is 7.45. The van der Waals surface area contributed by atoms with Crippen LogP contribution in [-0.2, 0) is 4.79 Å². The van der Waals surface area contributed by atoms with Crippen LogP contribution >= 0.6 is 0 Å². The minimum absolute atomic E-state index is 0.0304. The fourth-order valence-corrected chi connectivity index (χ4v) is 3.92. The van der Waals surface area contributed by atoms with Crippen molar-refractivity contribution in [2.24, 2.45) is 11.8 Å². The molecule has 0 aliphatic carbocycles. The average molecular weight is 424 g/mol. The molecule has 6 heteroatoms. The van der Waals surface area contributed by atoms with Crippen molar-refractivity contribution in [2.45, 2.75) is 26.2 Å². The number of piperidine rings is 1. The quantitative estimate of drug-likeness (QED) is 0.600. The Morgan fingerprint density at radius 1 is 0.871 bits per heavy atom. The summed E-state index contributed by atoms with van der Waals surface area (Å²) >= 11 is 0. The Bertz CT molecular complexity index is 912. The van der Waals surface area contributed by atoms with Crippen LogP contribution in [0.3, 0.4) is 0 Å². The molecule has 0 spiro atoms. The van der Waals surface area contributed by atoms with Crippen molar-refractivity contribution in [1.82, 2.24) is 4.90 Å². The lowest BCUT2D eigenvalue weighted by molar-refractivity contribution is -0.136. The van der Waals surface area contributed by atoms with Gasteiger partial charge < -0.3 is 14.4 Å². The Hall–Kier alpha value is -3.15. The summed E-state index contributed by atoms with van der Waals surface area (Å²) in [5.41, 5.74) is 1.24. The van der Waals surface area contributed by atoms with Crippen molar-refractivity contribution in [3.05, 3.63) is 59.7 Å². The molecule has 0 radical (unpaired) electrons. The molecule has 1 amide bonds. The Labute approximate surface area is 183 Å². The normalized spacial score (nSPS) is 15.3. The van der Waals surface area contributed by atoms with Gasteiger partial charge in [-0.3, -0.25) is 14.4 Å². The molecule has 0 bridgehead atoms. The van der Waals surface area contributed by atoms with Gasteiger partial charge in [-0.1, -0.05) is 6.92 Å². The summed E-state index contributed by atoms with van der Waals surface area (Å²) in [7, 11) is 3.17. The maximum absolute atomic E-state index is 12.8. The van der Waals surface area contributed by atoms with E-state index in [9.17, 15) is 14.4 Å². The van der Waals surface area contributed by atoms with E-state index in [4.69, 9.17) is 9.47 Å². The lowest BCUT2D eigenvalue weighted by atomic mass is 9.88. The number of hydrogen-bond donors (Lipinski definition) is 0. The summed E-state index contributed by atoms with van der Waals surface area (Å²) < 4.78 is 10.2. The molecule has 1 saturated heterocycles. The van der Waals surface area contributed by atoms with Gasteiger partial charge in [0.15, 0.2) is 11.6 Å². The maximum atomic E-state index is 12.8. The zero-order valence-corrected chi connectivity index (χ0v) is 18.3. The first kappa shape index (κ1) is 22.5. The topological polar surface area (TPSA) is 72.9 Å². The van der Waals surface area contributed by atoms with E-state index in [2.05, 4.69) is 0 Å². The van der Waals surface area contributed by atoms with Gasteiger partial charge in [-0.15, -0.1) is 0 Å². The fourth-order valence-electron chi connectivity index (χ4n) is 3.92. The standard InChI is InChI=1S/C25H29NO5/c1-17(16-23(27)18-4-8-21(30-2)9-5-18)25(29)26-14-12-20(13-15-26)24(28)19-6-10-22(31-3)11-7-19/h4-11,17,20H,12-16H2,1-3H3. The highest BCUT2D eigenvalue weighted by atomic mass is 16.5. The van der Waals surface area contributed by atoms with Crippen molar-refractivity contribution in [3.63, 3.8) is 0 Å². The summed E-state index contributed by atoms with van der Waals surface area (Å²) in [6, 6.07) is 14.1. The van der Waals surface area contributed by atoms with E-state index < -0.39 is 5.92 Å². The molecule has 0 saturated carbocycles. The van der Waals surface area contributed by atoms with E-state index in [-0.39, 0.29) is 29.8 Å². The monoisotopic (exact) mass is 423 g/mol. The van der Waals surface area contributed by atoms with Gasteiger partial charge in [0.05, 0.1) is 14.2 Å². The number of carbonyl (C=O) groups excluding carboxylic acids is 3. The minimum atomic E-state index is -0.400. The Balaban J connectivity index is 1.51. The largest absolute Gasteiger partial charge is 0.497 e. The molecule has 2 aromatic carbocycles. The van der Waals surface area contributed by atoms with E-state index in [0.717, 1.165) is 5.75 Å². The summed E-state index contributed by atoms with van der Waals surface area (Å²) in [4.78, 5) is 39.9. The molecule has 3 rings (SSSR count). The fraction of sp³-hybridized carbons (Fsp3) is 0.400. The zero-order valence-electron chi connectivity index (χ0n) is 18.3. The summed E-state index contributed by atoms with van der Waals surface area (Å²) in [6.45, 7) is 2.86. The van der Waals surface area contributed by atoms with Gasteiger partial charge in [-0.25, -0.2) is 0 Å². The lowest BCUT2D eigenvalue weighted by Gasteiger charge is -2.33. The number of benzene rings is 2. The number of ketones is 2. The van der Waals surface area contributed by atoms with E-state index >= 15 is 0 Å². The van der Waals surface area contributed by atoms with Crippen molar-refractivity contribution < 1.29 is 23.9 Å². The molecule has 1 aliphatic rings. The van der Waals surface area contributed by atoms with Gasteiger partial charge in [0.2, 0.25) is 5.91 Å². The number of carbonyl (C=O) groups is 3. The zero-order chi connectivity index (χ0) is 22.4. The smallest absolute Gasteiger partial charge is 0.225 e. The minimum Gasteiger partial charge on any atom is -0.497 e. The highest BCUT2D eigenvalue weighted by Crippen LogP contribution is 2.25. The van der Waals surface area contributed by atoms with Gasteiger partial charge in [-0.2, -0.15) is 0 Å². The molecule has 1 unspecified atom stereocenters. The molecule has 0 N–H and O–H groups in total. The van der Waals surface area contributed by atoms with Crippen LogP contribution in [0, 0.1) is 11.8 Å². The maximum Gasteiger partial charge on any atom is 0.225 e. The van der Waals surface area contributed by atoms with Gasteiger partial charge >= 0.3 is 0 Å². The predicted octanol–water partition coefficient (Wildman–Crippen LogP) is 4.03. The molecule has 31 heavy (non-hydrogen) atoms. The SMILES string of the molecule is COc1ccc(C(=O)CC(C)C(=O)N2CCC(C(=O)c3ccc(OC)cc3)CC2)cc1. The molecule has 1 aliphatic heterocycles. The first-order valence-corrected chi connectivity index (χ1v) is 10.6. The van der Waals surface area contributed by atoms with E-state index in [1.807, 2.05) is 0 Å². The van der Waals surface area contributed by atoms with Gasteiger partial charge in [0.1, 0.15) is 11.5 Å². The summed E-state index contributed by atoms with van der Waals surface area (Å²) in [6.07, 6.45) is 1.43. The molecular weight excluding hydrogens is 394 g/mol. The summed E-state index contributed by atoms with van der Waals surface area (Å²) in [5, 5.41) is 0. The highest BCUT2D eigenvalue weighted by Gasteiger charge is 2.30. The Morgan fingerprint density at radius 3 is 1.84 bits per heavy atom. The molecule has 164 valence electrons. The molecule has 0 aromatic heterocycles. The number of nitrogens with zero attached hydrogens (tertiary/aromatic N) is 1. The van der Waals surface area contributed by atoms with E-state index in [1.165, 1.54) is 0 Å². The van der Waals surface area contributed by atoms with Gasteiger partial charge in [0.25, 0.3) is 0 Å². The van der Waals surface area contributed by atoms with Crippen LogP contribution in [0.25, 0.3) is 0 Å². The first-order valence-electron chi connectivity index (χ1n) is 10.6. The van der Waals surface area contributed by atoms with E-state index in [0.29, 0.717) is 42.8 Å². The number of rotatable bonds is 8. The summed E-state index contributed by atoms with van der Waals surface area (Å²) in [5.74, 6) is 0.933. The number of methoxy groups -OCH3 is 2. The second-order valence-electron chi connectivity index (χ2n) is 7.95. The second kappa shape index (κ2) is 10.2. The number of likely N-dealkylation sites (tertiary alicyclic amines) is 1. The van der Waals surface area contributed by atoms with Crippen molar-refractivity contribution in [3.8, 4) is 11.5 Å². The van der Waals surface area contributed by atoms with Crippen molar-refractivity contribution >= 4 is 17.5 Å². The van der Waals surface area contributed by atoms with Crippen LogP contribution in [0.4, 0.5) is 0 Å². The highest BCUT2D eigenvalue weighted by molar-refractivity contribution is 5.99. The molecular formula is C25H29NO5. The number of hydrogen-bond acceptors (Lipinski definition) is 5. The molecule has 1 heterocycles. The number of ether oxygens (including phenoxy) is 2. The van der Waals surface area contributed by atoms with Crippen LogP contribution in [0.2, 0.25) is 0 Å². The first-order chi connectivity index (χ1) is 14.9. The number of amides is 1. The third-order valence-electron chi connectivity index (χ3n) is 5.88. The van der Waals surface area contributed by atoms with E-state index in [1.54, 1.807) is 74.6 Å². The average Bonchev–Trinajstić information content (AvgIpc) is 2.83. The van der Waals surface area contributed by atoms with Crippen molar-refractivity contribution in [1.29, 1.82) is 0 Å².